The van der Waals surface area contributed by atoms with Crippen LogP contribution in [0.15, 0.2) is 66.7 Å². The van der Waals surface area contributed by atoms with Gasteiger partial charge < -0.3 is 19.7 Å². The third kappa shape index (κ3) is 8.14. The molecule has 6 nitrogen and oxygen atoms in total. The minimum atomic E-state index is -0.698. The Morgan fingerprint density at radius 1 is 0.868 bits per heavy atom. The summed E-state index contributed by atoms with van der Waals surface area (Å²) in [5, 5.41) is 3.82. The Morgan fingerprint density at radius 2 is 1.58 bits per heavy atom. The molecular formula is C30H34Cl2N2O4. The highest BCUT2D eigenvalue weighted by atomic mass is 35.5. The number of methoxy groups -OCH3 is 2. The molecule has 1 N–H and O–H groups in total. The molecule has 3 rings (SSSR count). The van der Waals surface area contributed by atoms with Crippen LogP contribution in [0.1, 0.15) is 36.5 Å². The lowest BCUT2D eigenvalue weighted by molar-refractivity contribution is -0.141. The molecule has 1 atom stereocenters. The summed E-state index contributed by atoms with van der Waals surface area (Å²) >= 11 is 12.4. The summed E-state index contributed by atoms with van der Waals surface area (Å²) in [5.41, 5.74) is 2.69. The van der Waals surface area contributed by atoms with Crippen molar-refractivity contribution in [3.63, 3.8) is 0 Å². The van der Waals surface area contributed by atoms with Crippen molar-refractivity contribution in [2.45, 2.75) is 45.2 Å². The average Bonchev–Trinajstić information content (AvgIpc) is 2.94. The van der Waals surface area contributed by atoms with Crippen LogP contribution >= 0.6 is 23.2 Å². The van der Waals surface area contributed by atoms with E-state index in [0.717, 1.165) is 23.1 Å². The molecule has 3 aromatic carbocycles. The topological polar surface area (TPSA) is 67.9 Å². The molecule has 202 valence electrons. The van der Waals surface area contributed by atoms with Gasteiger partial charge in [-0.25, -0.2) is 0 Å². The maximum atomic E-state index is 13.8. The number of nitrogens with one attached hydrogen (secondary N) is 1. The van der Waals surface area contributed by atoms with Gasteiger partial charge >= 0.3 is 0 Å². The summed E-state index contributed by atoms with van der Waals surface area (Å²) in [6.07, 6.45) is 1.87. The van der Waals surface area contributed by atoms with E-state index in [1.807, 2.05) is 61.5 Å². The van der Waals surface area contributed by atoms with Gasteiger partial charge in [0.2, 0.25) is 11.8 Å². The molecular weight excluding hydrogens is 523 g/mol. The van der Waals surface area contributed by atoms with Gasteiger partial charge in [0.1, 0.15) is 6.04 Å². The first-order valence-corrected chi connectivity index (χ1v) is 13.4. The number of amides is 2. The fourth-order valence-electron chi connectivity index (χ4n) is 4.19. The van der Waals surface area contributed by atoms with E-state index in [2.05, 4.69) is 5.32 Å². The molecule has 38 heavy (non-hydrogen) atoms. The monoisotopic (exact) mass is 556 g/mol. The first-order valence-electron chi connectivity index (χ1n) is 12.6. The number of carbonyl (C=O) groups excluding carboxylic acids is 2. The van der Waals surface area contributed by atoms with Crippen LogP contribution in [0.2, 0.25) is 10.0 Å². The Morgan fingerprint density at radius 3 is 2.24 bits per heavy atom. The fraction of sp³-hybridized carbons (Fsp3) is 0.333. The minimum absolute atomic E-state index is 0.140. The molecule has 8 heteroatoms. The zero-order valence-corrected chi connectivity index (χ0v) is 23.5. The lowest BCUT2D eigenvalue weighted by Gasteiger charge is -2.32. The highest BCUT2D eigenvalue weighted by molar-refractivity contribution is 6.42. The van der Waals surface area contributed by atoms with E-state index in [1.165, 1.54) is 0 Å². The number of hydrogen-bond acceptors (Lipinski definition) is 4. The molecule has 0 heterocycles. The summed E-state index contributed by atoms with van der Waals surface area (Å²) in [4.78, 5) is 28.9. The Kier molecular flexibility index (Phi) is 11.3. The van der Waals surface area contributed by atoms with Gasteiger partial charge in [-0.1, -0.05) is 72.6 Å². The van der Waals surface area contributed by atoms with Crippen LogP contribution in [0.25, 0.3) is 0 Å². The van der Waals surface area contributed by atoms with Gasteiger partial charge in [0.25, 0.3) is 0 Å². The number of nitrogens with zero attached hydrogens (tertiary/aromatic N) is 1. The average molecular weight is 558 g/mol. The Labute approximate surface area is 234 Å². The van der Waals surface area contributed by atoms with Crippen LogP contribution in [0.5, 0.6) is 11.5 Å². The Balaban J connectivity index is 1.91. The van der Waals surface area contributed by atoms with Gasteiger partial charge in [-0.3, -0.25) is 9.59 Å². The molecule has 0 radical (unpaired) electrons. The first-order chi connectivity index (χ1) is 18.4. The molecule has 0 fully saturated rings. The highest BCUT2D eigenvalue weighted by Gasteiger charge is 2.30. The second-order valence-electron chi connectivity index (χ2n) is 8.96. The van der Waals surface area contributed by atoms with Crippen molar-refractivity contribution in [2.24, 2.45) is 0 Å². The quantitative estimate of drug-likeness (QED) is 0.276. The van der Waals surface area contributed by atoms with Crippen LogP contribution in [-0.4, -0.2) is 43.5 Å². The third-order valence-corrected chi connectivity index (χ3v) is 6.97. The number of benzene rings is 3. The number of rotatable bonds is 13. The number of carbonyl (C=O) groups is 2. The Hall–Kier alpha value is -3.22. The lowest BCUT2D eigenvalue weighted by atomic mass is 10.0. The smallest absolute Gasteiger partial charge is 0.243 e. The summed E-state index contributed by atoms with van der Waals surface area (Å²) in [5.74, 6) is 0.902. The molecule has 3 aromatic rings. The van der Waals surface area contributed by atoms with E-state index < -0.39 is 6.04 Å². The van der Waals surface area contributed by atoms with Crippen LogP contribution in [0.3, 0.4) is 0 Å². The molecule has 0 bridgehead atoms. The van der Waals surface area contributed by atoms with Gasteiger partial charge in [-0.15, -0.1) is 0 Å². The summed E-state index contributed by atoms with van der Waals surface area (Å²) in [7, 11) is 3.16. The molecule has 0 saturated heterocycles. The second kappa shape index (κ2) is 14.6. The van der Waals surface area contributed by atoms with E-state index in [4.69, 9.17) is 32.7 Å². The summed E-state index contributed by atoms with van der Waals surface area (Å²) in [6.45, 7) is 2.75. The molecule has 0 saturated carbocycles. The zero-order valence-electron chi connectivity index (χ0n) is 22.0. The molecule has 0 aromatic heterocycles. The van der Waals surface area contributed by atoms with Gasteiger partial charge in [0.15, 0.2) is 11.5 Å². The zero-order chi connectivity index (χ0) is 27.5. The van der Waals surface area contributed by atoms with Crippen molar-refractivity contribution in [3.05, 3.63) is 93.5 Å². The van der Waals surface area contributed by atoms with Gasteiger partial charge in [0, 0.05) is 25.9 Å². The first kappa shape index (κ1) is 29.3. The SMILES string of the molecule is CCCNC(=O)C(Cc1ccccc1)N(Cc1ccc(Cl)c(Cl)c1)C(=O)CCc1ccc(OC)c(OC)c1. The van der Waals surface area contributed by atoms with Crippen molar-refractivity contribution in [1.29, 1.82) is 0 Å². The normalized spacial score (nSPS) is 11.5. The predicted octanol–water partition coefficient (Wildman–Crippen LogP) is 6.11. The van der Waals surface area contributed by atoms with Crippen molar-refractivity contribution in [2.75, 3.05) is 20.8 Å². The van der Waals surface area contributed by atoms with Crippen molar-refractivity contribution >= 4 is 35.0 Å². The van der Waals surface area contributed by atoms with Gasteiger partial charge in [-0.05, 0) is 53.8 Å². The molecule has 2 amide bonds. The van der Waals surface area contributed by atoms with Crippen molar-refractivity contribution in [1.82, 2.24) is 10.2 Å². The molecule has 0 aliphatic carbocycles. The highest BCUT2D eigenvalue weighted by Crippen LogP contribution is 2.28. The van der Waals surface area contributed by atoms with Crippen molar-refractivity contribution in [3.8, 4) is 11.5 Å². The maximum absolute atomic E-state index is 13.8. The standard InChI is InChI=1S/C30H34Cl2N2O4/c1-4-16-33-30(36)26(18-21-8-6-5-7-9-21)34(20-23-10-13-24(31)25(32)17-23)29(35)15-12-22-11-14-27(37-2)28(19-22)38-3/h5-11,13-14,17,19,26H,4,12,15-16,18,20H2,1-3H3,(H,33,36). The van der Waals surface area contributed by atoms with E-state index in [1.54, 1.807) is 31.3 Å². The minimum Gasteiger partial charge on any atom is -0.493 e. The van der Waals surface area contributed by atoms with E-state index >= 15 is 0 Å². The largest absolute Gasteiger partial charge is 0.493 e. The number of hydrogen-bond donors (Lipinski definition) is 1. The summed E-state index contributed by atoms with van der Waals surface area (Å²) in [6, 6.07) is 19.9. The number of ether oxygens (including phenoxy) is 2. The van der Waals surface area contributed by atoms with Gasteiger partial charge in [0.05, 0.1) is 24.3 Å². The van der Waals surface area contributed by atoms with Crippen LogP contribution in [0.4, 0.5) is 0 Å². The Bertz CT molecular complexity index is 1220. The van der Waals surface area contributed by atoms with Crippen molar-refractivity contribution < 1.29 is 19.1 Å². The van der Waals surface area contributed by atoms with E-state index in [-0.39, 0.29) is 24.8 Å². The van der Waals surface area contributed by atoms with Gasteiger partial charge in [-0.2, -0.15) is 0 Å². The lowest BCUT2D eigenvalue weighted by Crippen LogP contribution is -2.50. The molecule has 0 spiro atoms. The van der Waals surface area contributed by atoms with Crippen LogP contribution < -0.4 is 14.8 Å². The second-order valence-corrected chi connectivity index (χ2v) is 9.77. The van der Waals surface area contributed by atoms with Crippen LogP contribution in [0, 0.1) is 0 Å². The maximum Gasteiger partial charge on any atom is 0.243 e. The van der Waals surface area contributed by atoms with Crippen LogP contribution in [-0.2, 0) is 29.0 Å². The van der Waals surface area contributed by atoms with E-state index in [9.17, 15) is 9.59 Å². The number of halogens is 2. The predicted molar refractivity (Wildman–Crippen MR) is 152 cm³/mol. The molecule has 1 unspecified atom stereocenters. The number of aryl methyl sites for hydroxylation is 1. The third-order valence-electron chi connectivity index (χ3n) is 6.23. The fourth-order valence-corrected chi connectivity index (χ4v) is 4.51. The van der Waals surface area contributed by atoms with E-state index in [0.29, 0.717) is 40.9 Å². The summed E-state index contributed by atoms with van der Waals surface area (Å²) < 4.78 is 10.7. The molecule has 0 aliphatic heterocycles. The molecule has 0 aliphatic rings.